The highest BCUT2D eigenvalue weighted by Gasteiger charge is 2.03. The van der Waals surface area contributed by atoms with Crippen molar-refractivity contribution in [2.45, 2.75) is 0 Å². The lowest BCUT2D eigenvalue weighted by molar-refractivity contribution is 0.687. The predicted octanol–water partition coefficient (Wildman–Crippen LogP) is 2.85. The van der Waals surface area contributed by atoms with E-state index in [9.17, 15) is 4.21 Å². The number of thiazole rings is 1. The molecule has 0 spiro atoms. The zero-order valence-corrected chi connectivity index (χ0v) is 11.9. The van der Waals surface area contributed by atoms with E-state index in [2.05, 4.69) is 32.3 Å². The summed E-state index contributed by atoms with van der Waals surface area (Å²) in [6.45, 7) is 0.699. The second-order valence-electron chi connectivity index (χ2n) is 3.34. The van der Waals surface area contributed by atoms with Crippen molar-refractivity contribution in [3.05, 3.63) is 22.7 Å². The molecular formula is C10H11BrN2OS2. The monoisotopic (exact) mass is 318 g/mol. The predicted molar refractivity (Wildman–Crippen MR) is 74.7 cm³/mol. The first-order chi connectivity index (χ1) is 7.65. The zero-order valence-electron chi connectivity index (χ0n) is 8.70. The van der Waals surface area contributed by atoms with Crippen LogP contribution in [-0.2, 0) is 10.8 Å². The van der Waals surface area contributed by atoms with E-state index in [-0.39, 0.29) is 0 Å². The molecule has 0 aliphatic rings. The summed E-state index contributed by atoms with van der Waals surface area (Å²) in [5.74, 6) is 0.652. The first kappa shape index (κ1) is 12.0. The number of nitrogens with one attached hydrogen (secondary N) is 1. The summed E-state index contributed by atoms with van der Waals surface area (Å²) in [6, 6.07) is 6.02. The van der Waals surface area contributed by atoms with Crippen molar-refractivity contribution in [1.82, 2.24) is 4.98 Å². The normalized spacial score (nSPS) is 12.9. The molecule has 2 rings (SSSR count). The quantitative estimate of drug-likeness (QED) is 0.942. The van der Waals surface area contributed by atoms with Gasteiger partial charge in [-0.3, -0.25) is 4.21 Å². The van der Waals surface area contributed by atoms with Gasteiger partial charge in [-0.1, -0.05) is 27.3 Å². The summed E-state index contributed by atoms with van der Waals surface area (Å²) >= 11 is 5.04. The third kappa shape index (κ3) is 3.02. The second kappa shape index (κ2) is 5.25. The van der Waals surface area contributed by atoms with E-state index in [0.29, 0.717) is 12.3 Å². The Balaban J connectivity index is 2.10. The molecule has 2 aromatic rings. The molecule has 0 amide bonds. The fourth-order valence-electron chi connectivity index (χ4n) is 1.28. The van der Waals surface area contributed by atoms with Gasteiger partial charge in [0.15, 0.2) is 5.13 Å². The van der Waals surface area contributed by atoms with Crippen molar-refractivity contribution in [3.63, 3.8) is 0 Å². The van der Waals surface area contributed by atoms with Crippen molar-refractivity contribution in [2.24, 2.45) is 0 Å². The van der Waals surface area contributed by atoms with Crippen molar-refractivity contribution in [1.29, 1.82) is 0 Å². The van der Waals surface area contributed by atoms with Crippen LogP contribution in [0.3, 0.4) is 0 Å². The number of aromatic nitrogens is 1. The van der Waals surface area contributed by atoms with E-state index in [4.69, 9.17) is 0 Å². The Morgan fingerprint density at radius 1 is 1.56 bits per heavy atom. The van der Waals surface area contributed by atoms with Crippen molar-refractivity contribution >= 4 is 53.4 Å². The molecule has 0 saturated heterocycles. The van der Waals surface area contributed by atoms with E-state index < -0.39 is 10.8 Å². The zero-order chi connectivity index (χ0) is 11.5. The molecule has 16 heavy (non-hydrogen) atoms. The number of halogens is 1. The van der Waals surface area contributed by atoms with Gasteiger partial charge >= 0.3 is 0 Å². The van der Waals surface area contributed by atoms with Crippen LogP contribution in [0.1, 0.15) is 0 Å². The molecule has 1 aromatic heterocycles. The molecule has 1 aromatic carbocycles. The lowest BCUT2D eigenvalue weighted by atomic mass is 10.3. The number of fused-ring (bicyclic) bond motifs is 1. The number of hydrogen-bond acceptors (Lipinski definition) is 4. The highest BCUT2D eigenvalue weighted by atomic mass is 79.9. The topological polar surface area (TPSA) is 42.0 Å². The maximum Gasteiger partial charge on any atom is 0.183 e. The SMILES string of the molecule is CS(=O)CCNc1nc2ccc(Br)cc2s1. The van der Waals surface area contributed by atoms with Gasteiger partial charge in [-0.05, 0) is 18.2 Å². The fourth-order valence-corrected chi connectivity index (χ4v) is 3.11. The Morgan fingerprint density at radius 3 is 3.12 bits per heavy atom. The molecule has 86 valence electrons. The largest absolute Gasteiger partial charge is 0.361 e. The Labute approximate surface area is 109 Å². The number of anilines is 1. The van der Waals surface area contributed by atoms with Gasteiger partial charge in [0, 0.05) is 33.8 Å². The van der Waals surface area contributed by atoms with E-state index in [1.807, 2.05) is 12.1 Å². The summed E-state index contributed by atoms with van der Waals surface area (Å²) in [4.78, 5) is 4.44. The van der Waals surface area contributed by atoms with Gasteiger partial charge in [0.05, 0.1) is 10.2 Å². The van der Waals surface area contributed by atoms with Gasteiger partial charge in [0.25, 0.3) is 0 Å². The van der Waals surface area contributed by atoms with Crippen LogP contribution < -0.4 is 5.32 Å². The molecule has 1 heterocycles. The maximum atomic E-state index is 10.9. The second-order valence-corrected chi connectivity index (χ2v) is 6.84. The summed E-state index contributed by atoms with van der Waals surface area (Å²) in [5.41, 5.74) is 0.994. The van der Waals surface area contributed by atoms with Crippen LogP contribution in [-0.4, -0.2) is 27.7 Å². The van der Waals surface area contributed by atoms with Gasteiger partial charge in [-0.25, -0.2) is 4.98 Å². The van der Waals surface area contributed by atoms with Crippen molar-refractivity contribution in [3.8, 4) is 0 Å². The third-order valence-electron chi connectivity index (χ3n) is 2.02. The van der Waals surface area contributed by atoms with Crippen LogP contribution in [0.4, 0.5) is 5.13 Å². The fraction of sp³-hybridized carbons (Fsp3) is 0.300. The van der Waals surface area contributed by atoms with Gasteiger partial charge in [0.1, 0.15) is 0 Å². The number of hydrogen-bond donors (Lipinski definition) is 1. The van der Waals surface area contributed by atoms with Crippen molar-refractivity contribution < 1.29 is 4.21 Å². The number of nitrogens with zero attached hydrogens (tertiary/aromatic N) is 1. The van der Waals surface area contributed by atoms with E-state index in [1.165, 1.54) is 0 Å². The molecule has 0 saturated carbocycles. The molecule has 1 N–H and O–H groups in total. The molecular weight excluding hydrogens is 308 g/mol. The molecule has 0 aliphatic carbocycles. The van der Waals surface area contributed by atoms with Crippen LogP contribution in [0.25, 0.3) is 10.2 Å². The summed E-state index contributed by atoms with van der Waals surface area (Å²) in [6.07, 6.45) is 1.71. The summed E-state index contributed by atoms with van der Waals surface area (Å²) < 4.78 is 13.1. The van der Waals surface area contributed by atoms with Crippen LogP contribution >= 0.6 is 27.3 Å². The third-order valence-corrected chi connectivity index (χ3v) is 4.26. The highest BCUT2D eigenvalue weighted by Crippen LogP contribution is 2.28. The number of rotatable bonds is 4. The average Bonchev–Trinajstić information content (AvgIpc) is 2.58. The molecule has 1 atom stereocenters. The highest BCUT2D eigenvalue weighted by molar-refractivity contribution is 9.10. The van der Waals surface area contributed by atoms with Crippen LogP contribution in [0.5, 0.6) is 0 Å². The Morgan fingerprint density at radius 2 is 2.38 bits per heavy atom. The Bertz CT molecular complexity index is 527. The lowest BCUT2D eigenvalue weighted by Gasteiger charge is -1.98. The first-order valence-corrected chi connectivity index (χ1v) is 8.09. The molecule has 0 bridgehead atoms. The van der Waals surface area contributed by atoms with Gasteiger partial charge in [-0.2, -0.15) is 0 Å². The molecule has 3 nitrogen and oxygen atoms in total. The van der Waals surface area contributed by atoms with Gasteiger partial charge in [0.2, 0.25) is 0 Å². The molecule has 6 heteroatoms. The van der Waals surface area contributed by atoms with Gasteiger partial charge < -0.3 is 5.32 Å². The van der Waals surface area contributed by atoms with Crippen LogP contribution in [0.2, 0.25) is 0 Å². The Kier molecular flexibility index (Phi) is 3.94. The van der Waals surface area contributed by atoms with Gasteiger partial charge in [-0.15, -0.1) is 0 Å². The van der Waals surface area contributed by atoms with Crippen LogP contribution in [0, 0.1) is 0 Å². The minimum atomic E-state index is -0.754. The lowest BCUT2D eigenvalue weighted by Crippen LogP contribution is -2.09. The average molecular weight is 319 g/mol. The first-order valence-electron chi connectivity index (χ1n) is 4.75. The van der Waals surface area contributed by atoms with E-state index in [0.717, 1.165) is 19.8 Å². The van der Waals surface area contributed by atoms with Crippen LogP contribution in [0.15, 0.2) is 22.7 Å². The molecule has 0 radical (unpaired) electrons. The van der Waals surface area contributed by atoms with Crippen molar-refractivity contribution in [2.75, 3.05) is 23.9 Å². The van der Waals surface area contributed by atoms with E-state index >= 15 is 0 Å². The minimum absolute atomic E-state index is 0.652. The Hall–Kier alpha value is -0.460. The summed E-state index contributed by atoms with van der Waals surface area (Å²) in [7, 11) is -0.754. The smallest absolute Gasteiger partial charge is 0.183 e. The molecule has 0 aliphatic heterocycles. The summed E-state index contributed by atoms with van der Waals surface area (Å²) in [5, 5.41) is 4.07. The van der Waals surface area contributed by atoms with E-state index in [1.54, 1.807) is 17.6 Å². The standard InChI is InChI=1S/C10H11BrN2OS2/c1-16(14)5-4-12-10-13-8-3-2-7(11)6-9(8)15-10/h2-3,6H,4-5H2,1H3,(H,12,13). The molecule has 1 unspecified atom stereocenters. The minimum Gasteiger partial charge on any atom is -0.361 e. The maximum absolute atomic E-state index is 10.9. The number of benzene rings is 1. The molecule has 0 fully saturated rings.